The van der Waals surface area contributed by atoms with Gasteiger partial charge in [0, 0.05) is 5.56 Å². The number of halogens is 3. The molecule has 0 saturated heterocycles. The van der Waals surface area contributed by atoms with Crippen LogP contribution in [0, 0.1) is 11.3 Å². The molecule has 0 aliphatic heterocycles. The van der Waals surface area contributed by atoms with E-state index in [2.05, 4.69) is 15.2 Å². The number of thioether (sulfide) groups is 1. The van der Waals surface area contributed by atoms with Crippen molar-refractivity contribution < 1.29 is 22.3 Å². The normalized spacial score (nSPS) is 12.4. The number of pyridine rings is 1. The summed E-state index contributed by atoms with van der Waals surface area (Å²) in [6, 6.07) is 13.0. The van der Waals surface area contributed by atoms with Crippen molar-refractivity contribution in [2.75, 3.05) is 7.11 Å². The van der Waals surface area contributed by atoms with Crippen LogP contribution >= 0.6 is 23.1 Å². The van der Waals surface area contributed by atoms with E-state index in [1.54, 1.807) is 61.9 Å². The lowest BCUT2D eigenvalue weighted by Crippen LogP contribution is -2.10. The molecule has 33 heavy (non-hydrogen) atoms. The first kappa shape index (κ1) is 22.8. The van der Waals surface area contributed by atoms with Gasteiger partial charge in [-0.2, -0.15) is 18.4 Å². The third-order valence-electron chi connectivity index (χ3n) is 4.59. The number of thiophene rings is 1. The van der Waals surface area contributed by atoms with Gasteiger partial charge >= 0.3 is 6.18 Å². The van der Waals surface area contributed by atoms with Gasteiger partial charge in [-0.15, -0.1) is 21.5 Å². The minimum Gasteiger partial charge on any atom is -0.497 e. The van der Waals surface area contributed by atoms with Crippen molar-refractivity contribution >= 4 is 23.1 Å². The molecule has 0 fully saturated rings. The van der Waals surface area contributed by atoms with Gasteiger partial charge in [0.05, 0.1) is 34.1 Å². The molecule has 4 aromatic rings. The monoisotopic (exact) mass is 488 g/mol. The van der Waals surface area contributed by atoms with E-state index >= 15 is 0 Å². The van der Waals surface area contributed by atoms with E-state index in [9.17, 15) is 18.4 Å². The zero-order valence-electron chi connectivity index (χ0n) is 17.3. The van der Waals surface area contributed by atoms with Gasteiger partial charge < -0.3 is 9.15 Å². The van der Waals surface area contributed by atoms with Crippen LogP contribution in [0.3, 0.4) is 0 Å². The Balaban J connectivity index is 1.67. The molecule has 0 spiro atoms. The van der Waals surface area contributed by atoms with Gasteiger partial charge in [0.15, 0.2) is 0 Å². The summed E-state index contributed by atoms with van der Waals surface area (Å²) < 4.78 is 52.0. The molecule has 3 aromatic heterocycles. The van der Waals surface area contributed by atoms with E-state index in [1.807, 2.05) is 0 Å². The number of benzene rings is 1. The molecule has 0 radical (unpaired) electrons. The topological polar surface area (TPSA) is 84.8 Å². The van der Waals surface area contributed by atoms with Crippen LogP contribution in [0.15, 0.2) is 57.3 Å². The molecular formula is C22H15F3N4O2S2. The first-order valence-electron chi connectivity index (χ1n) is 9.51. The Hall–Kier alpha value is -3.36. The number of nitriles is 1. The van der Waals surface area contributed by atoms with Gasteiger partial charge in [-0.25, -0.2) is 4.98 Å². The smallest absolute Gasteiger partial charge is 0.417 e. The molecule has 1 aromatic carbocycles. The number of rotatable bonds is 6. The fourth-order valence-electron chi connectivity index (χ4n) is 2.96. The Morgan fingerprint density at radius 2 is 1.94 bits per heavy atom. The molecule has 0 amide bonds. The summed E-state index contributed by atoms with van der Waals surface area (Å²) in [6.45, 7) is 1.70. The van der Waals surface area contributed by atoms with Gasteiger partial charge in [0.1, 0.15) is 16.8 Å². The second-order valence-corrected chi connectivity index (χ2v) is 9.03. The van der Waals surface area contributed by atoms with Gasteiger partial charge in [-0.3, -0.25) is 0 Å². The van der Waals surface area contributed by atoms with Crippen molar-refractivity contribution in [2.24, 2.45) is 0 Å². The van der Waals surface area contributed by atoms with Crippen LogP contribution in [0.5, 0.6) is 5.75 Å². The number of nitrogens with zero attached hydrogens (tertiary/aromatic N) is 4. The highest BCUT2D eigenvalue weighted by Crippen LogP contribution is 2.42. The number of ether oxygens (including phenoxy) is 1. The zero-order chi connectivity index (χ0) is 23.6. The summed E-state index contributed by atoms with van der Waals surface area (Å²) in [5, 5.41) is 18.7. The SMILES string of the molecule is COc1ccc(-c2nnc(C(C)Sc3nc(-c4cccs4)cc(C(F)(F)F)c3C#N)o2)cc1. The molecule has 0 N–H and O–H groups in total. The van der Waals surface area contributed by atoms with Crippen molar-refractivity contribution in [1.82, 2.24) is 15.2 Å². The second-order valence-electron chi connectivity index (χ2n) is 6.76. The van der Waals surface area contributed by atoms with Crippen molar-refractivity contribution in [3.8, 4) is 33.8 Å². The summed E-state index contributed by atoms with van der Waals surface area (Å²) >= 11 is 2.22. The van der Waals surface area contributed by atoms with Crippen molar-refractivity contribution in [2.45, 2.75) is 23.4 Å². The van der Waals surface area contributed by atoms with Crippen molar-refractivity contribution in [3.05, 3.63) is 64.9 Å². The Morgan fingerprint density at radius 3 is 2.55 bits per heavy atom. The standard InChI is InChI=1S/C22H15F3N4O2S2/c1-12(19-28-29-20(31-19)13-5-7-14(30-2)8-6-13)33-21-15(11-26)16(22(23,24)25)10-17(27-21)18-4-3-9-32-18/h3-10,12H,1-2H3. The third kappa shape index (κ3) is 4.86. The summed E-state index contributed by atoms with van der Waals surface area (Å²) in [7, 11) is 1.56. The van der Waals surface area contributed by atoms with E-state index in [1.165, 1.54) is 11.3 Å². The predicted octanol–water partition coefficient (Wildman–Crippen LogP) is 6.61. The first-order valence-corrected chi connectivity index (χ1v) is 11.3. The van der Waals surface area contributed by atoms with Crippen LogP contribution < -0.4 is 4.74 Å². The largest absolute Gasteiger partial charge is 0.497 e. The Labute approximate surface area is 195 Å². The maximum atomic E-state index is 13.7. The van der Waals surface area contributed by atoms with Gasteiger partial charge in [-0.05, 0) is 48.7 Å². The molecule has 0 aliphatic rings. The summed E-state index contributed by atoms with van der Waals surface area (Å²) in [4.78, 5) is 4.93. The first-order chi connectivity index (χ1) is 15.8. The molecule has 0 aliphatic carbocycles. The fraction of sp³-hybridized carbons (Fsp3) is 0.182. The molecule has 168 valence electrons. The lowest BCUT2D eigenvalue weighted by atomic mass is 10.1. The lowest BCUT2D eigenvalue weighted by Gasteiger charge is -2.15. The van der Waals surface area contributed by atoms with Crippen molar-refractivity contribution in [1.29, 1.82) is 5.26 Å². The van der Waals surface area contributed by atoms with E-state index in [0.717, 1.165) is 17.8 Å². The molecule has 6 nitrogen and oxygen atoms in total. The summed E-state index contributed by atoms with van der Waals surface area (Å²) in [6.07, 6.45) is -4.70. The highest BCUT2D eigenvalue weighted by Gasteiger charge is 2.36. The fourth-order valence-corrected chi connectivity index (χ4v) is 4.60. The highest BCUT2D eigenvalue weighted by atomic mass is 32.2. The zero-order valence-corrected chi connectivity index (χ0v) is 18.9. The van der Waals surface area contributed by atoms with Crippen LogP contribution in [0.4, 0.5) is 13.2 Å². The Morgan fingerprint density at radius 1 is 1.18 bits per heavy atom. The minimum atomic E-state index is -4.70. The summed E-state index contributed by atoms with van der Waals surface area (Å²) in [5.41, 5.74) is -0.741. The Kier molecular flexibility index (Phi) is 6.40. The molecule has 3 heterocycles. The van der Waals surface area contributed by atoms with Crippen LogP contribution in [0.25, 0.3) is 22.0 Å². The van der Waals surface area contributed by atoms with Gasteiger partial charge in [0.25, 0.3) is 0 Å². The molecule has 11 heteroatoms. The molecular weight excluding hydrogens is 473 g/mol. The highest BCUT2D eigenvalue weighted by molar-refractivity contribution is 7.99. The quantitative estimate of drug-likeness (QED) is 0.282. The van der Waals surface area contributed by atoms with E-state index < -0.39 is 22.6 Å². The van der Waals surface area contributed by atoms with Crippen LogP contribution in [0.1, 0.15) is 29.2 Å². The molecule has 4 rings (SSSR count). The van der Waals surface area contributed by atoms with Crippen LogP contribution in [-0.4, -0.2) is 22.3 Å². The van der Waals surface area contributed by atoms with E-state index in [4.69, 9.17) is 9.15 Å². The minimum absolute atomic E-state index is 0.0487. The average molecular weight is 489 g/mol. The predicted molar refractivity (Wildman–Crippen MR) is 118 cm³/mol. The van der Waals surface area contributed by atoms with Gasteiger partial charge in [0.2, 0.25) is 11.8 Å². The van der Waals surface area contributed by atoms with Crippen molar-refractivity contribution in [3.63, 3.8) is 0 Å². The molecule has 0 bridgehead atoms. The lowest BCUT2D eigenvalue weighted by molar-refractivity contribution is -0.138. The number of aromatic nitrogens is 3. The molecule has 1 unspecified atom stereocenters. The van der Waals surface area contributed by atoms with Crippen LogP contribution in [0.2, 0.25) is 0 Å². The van der Waals surface area contributed by atoms with Gasteiger partial charge in [-0.1, -0.05) is 17.8 Å². The number of hydrogen-bond donors (Lipinski definition) is 0. The molecule has 1 atom stereocenters. The number of methoxy groups -OCH3 is 1. The average Bonchev–Trinajstić information content (AvgIpc) is 3.50. The maximum Gasteiger partial charge on any atom is 0.417 e. The maximum absolute atomic E-state index is 13.7. The van der Waals surface area contributed by atoms with E-state index in [0.29, 0.717) is 16.2 Å². The number of alkyl halides is 3. The summed E-state index contributed by atoms with van der Waals surface area (Å²) in [5.74, 6) is 1.13. The molecule has 0 saturated carbocycles. The Bertz CT molecular complexity index is 1300. The second kappa shape index (κ2) is 9.25. The third-order valence-corrected chi connectivity index (χ3v) is 6.56. The van der Waals surface area contributed by atoms with Crippen LogP contribution in [-0.2, 0) is 6.18 Å². The van der Waals surface area contributed by atoms with E-state index in [-0.39, 0.29) is 22.5 Å². The number of hydrogen-bond acceptors (Lipinski definition) is 8.